The molecule has 3 heteroatoms. The van der Waals surface area contributed by atoms with Crippen molar-refractivity contribution in [1.29, 1.82) is 0 Å². The van der Waals surface area contributed by atoms with Gasteiger partial charge in [0.1, 0.15) is 0 Å². The first kappa shape index (κ1) is 10.9. The first-order valence-corrected chi connectivity index (χ1v) is 6.22. The average Bonchev–Trinajstić information content (AvgIpc) is 2.30. The van der Waals surface area contributed by atoms with Crippen LogP contribution in [0.2, 0.25) is 0 Å². The van der Waals surface area contributed by atoms with Crippen molar-refractivity contribution in [2.24, 2.45) is 0 Å². The van der Waals surface area contributed by atoms with Crippen molar-refractivity contribution < 1.29 is 0 Å². The van der Waals surface area contributed by atoms with Crippen molar-refractivity contribution in [3.05, 3.63) is 42.5 Å². The van der Waals surface area contributed by atoms with E-state index in [4.69, 9.17) is 11.5 Å². The molecular formula is C13H14N2S. The summed E-state index contributed by atoms with van der Waals surface area (Å²) in [5.74, 6) is 0. The SMILES string of the molecule is CSc1ccc(-c2ccc(N)cc2)cc1N. The van der Waals surface area contributed by atoms with Gasteiger partial charge in [-0.2, -0.15) is 0 Å². The molecule has 0 spiro atoms. The van der Waals surface area contributed by atoms with Crippen LogP contribution in [0.4, 0.5) is 11.4 Å². The van der Waals surface area contributed by atoms with Crippen molar-refractivity contribution in [2.75, 3.05) is 17.7 Å². The number of nitrogens with two attached hydrogens (primary N) is 2. The van der Waals surface area contributed by atoms with Gasteiger partial charge in [0, 0.05) is 16.3 Å². The summed E-state index contributed by atoms with van der Waals surface area (Å²) in [7, 11) is 0. The van der Waals surface area contributed by atoms with E-state index in [2.05, 4.69) is 6.07 Å². The van der Waals surface area contributed by atoms with E-state index in [9.17, 15) is 0 Å². The Balaban J connectivity index is 2.41. The molecule has 16 heavy (non-hydrogen) atoms. The lowest BCUT2D eigenvalue weighted by Crippen LogP contribution is -1.89. The molecule has 2 aromatic rings. The molecule has 0 radical (unpaired) electrons. The van der Waals surface area contributed by atoms with Gasteiger partial charge in [0.2, 0.25) is 0 Å². The summed E-state index contributed by atoms with van der Waals surface area (Å²) < 4.78 is 0. The Hall–Kier alpha value is -1.61. The molecule has 0 aliphatic heterocycles. The van der Waals surface area contributed by atoms with E-state index >= 15 is 0 Å². The summed E-state index contributed by atoms with van der Waals surface area (Å²) in [6.45, 7) is 0. The van der Waals surface area contributed by atoms with E-state index in [0.717, 1.165) is 27.4 Å². The van der Waals surface area contributed by atoms with Gasteiger partial charge in [-0.25, -0.2) is 0 Å². The molecule has 0 bridgehead atoms. The molecule has 0 aliphatic carbocycles. The molecule has 2 nitrogen and oxygen atoms in total. The van der Waals surface area contributed by atoms with Gasteiger partial charge in [0.05, 0.1) is 0 Å². The van der Waals surface area contributed by atoms with Crippen LogP contribution in [0.5, 0.6) is 0 Å². The molecule has 0 heterocycles. The monoisotopic (exact) mass is 230 g/mol. The molecular weight excluding hydrogens is 216 g/mol. The fourth-order valence-corrected chi connectivity index (χ4v) is 2.09. The Morgan fingerprint density at radius 2 is 1.50 bits per heavy atom. The second kappa shape index (κ2) is 4.49. The maximum Gasteiger partial charge on any atom is 0.0458 e. The highest BCUT2D eigenvalue weighted by Crippen LogP contribution is 2.29. The average molecular weight is 230 g/mol. The number of anilines is 2. The van der Waals surface area contributed by atoms with Gasteiger partial charge in [-0.05, 0) is 41.6 Å². The molecule has 0 amide bonds. The van der Waals surface area contributed by atoms with Crippen molar-refractivity contribution in [3.63, 3.8) is 0 Å². The van der Waals surface area contributed by atoms with E-state index < -0.39 is 0 Å². The highest BCUT2D eigenvalue weighted by Gasteiger charge is 2.01. The highest BCUT2D eigenvalue weighted by atomic mass is 32.2. The Kier molecular flexibility index (Phi) is 3.06. The highest BCUT2D eigenvalue weighted by molar-refractivity contribution is 7.98. The molecule has 0 unspecified atom stereocenters. The van der Waals surface area contributed by atoms with Gasteiger partial charge in [-0.1, -0.05) is 18.2 Å². The van der Waals surface area contributed by atoms with Gasteiger partial charge in [0.25, 0.3) is 0 Å². The van der Waals surface area contributed by atoms with Crippen LogP contribution in [0.15, 0.2) is 47.4 Å². The molecule has 0 aromatic heterocycles. The van der Waals surface area contributed by atoms with Crippen LogP contribution >= 0.6 is 11.8 Å². The molecule has 2 aromatic carbocycles. The zero-order chi connectivity index (χ0) is 11.5. The van der Waals surface area contributed by atoms with Crippen molar-refractivity contribution in [2.45, 2.75) is 4.90 Å². The van der Waals surface area contributed by atoms with Gasteiger partial charge < -0.3 is 11.5 Å². The molecule has 0 atom stereocenters. The number of rotatable bonds is 2. The van der Waals surface area contributed by atoms with Gasteiger partial charge >= 0.3 is 0 Å². The van der Waals surface area contributed by atoms with Crippen LogP contribution in [0.3, 0.4) is 0 Å². The van der Waals surface area contributed by atoms with Crippen LogP contribution in [0, 0.1) is 0 Å². The van der Waals surface area contributed by atoms with E-state index in [1.165, 1.54) is 0 Å². The maximum absolute atomic E-state index is 5.95. The number of hydrogen-bond acceptors (Lipinski definition) is 3. The number of hydrogen-bond donors (Lipinski definition) is 2. The Labute approximate surface area is 99.7 Å². The summed E-state index contributed by atoms with van der Waals surface area (Å²) in [6.07, 6.45) is 2.02. The fourth-order valence-electron chi connectivity index (χ4n) is 1.59. The minimum Gasteiger partial charge on any atom is -0.399 e. The summed E-state index contributed by atoms with van der Waals surface area (Å²) in [5.41, 5.74) is 15.5. The Morgan fingerprint density at radius 1 is 0.875 bits per heavy atom. The molecule has 2 rings (SSSR count). The van der Waals surface area contributed by atoms with Gasteiger partial charge in [0.15, 0.2) is 0 Å². The van der Waals surface area contributed by atoms with Crippen LogP contribution in [0.25, 0.3) is 11.1 Å². The maximum atomic E-state index is 5.95. The summed E-state index contributed by atoms with van der Waals surface area (Å²) in [6, 6.07) is 13.9. The molecule has 0 saturated carbocycles. The number of thioether (sulfide) groups is 1. The smallest absolute Gasteiger partial charge is 0.0458 e. The lowest BCUT2D eigenvalue weighted by molar-refractivity contribution is 1.46. The lowest BCUT2D eigenvalue weighted by Gasteiger charge is -2.06. The molecule has 4 N–H and O–H groups in total. The number of nitrogen functional groups attached to an aromatic ring is 2. The third kappa shape index (κ3) is 2.14. The normalized spacial score (nSPS) is 10.3. The lowest BCUT2D eigenvalue weighted by atomic mass is 10.0. The molecule has 82 valence electrons. The minimum atomic E-state index is 0.775. The van der Waals surface area contributed by atoms with Crippen LogP contribution in [-0.4, -0.2) is 6.26 Å². The quantitative estimate of drug-likeness (QED) is 0.615. The number of benzene rings is 2. The van der Waals surface area contributed by atoms with Crippen LogP contribution in [0.1, 0.15) is 0 Å². The zero-order valence-electron chi connectivity index (χ0n) is 9.10. The third-order valence-corrected chi connectivity index (χ3v) is 3.29. The summed E-state index contributed by atoms with van der Waals surface area (Å²) in [4.78, 5) is 1.11. The molecule has 0 aliphatic rings. The predicted octanol–water partition coefficient (Wildman–Crippen LogP) is 3.24. The van der Waals surface area contributed by atoms with Gasteiger partial charge in [-0.3, -0.25) is 0 Å². The van der Waals surface area contributed by atoms with Crippen molar-refractivity contribution >= 4 is 23.1 Å². The molecule has 0 fully saturated rings. The van der Waals surface area contributed by atoms with Crippen LogP contribution < -0.4 is 11.5 Å². The minimum absolute atomic E-state index is 0.775. The Morgan fingerprint density at radius 3 is 2.06 bits per heavy atom. The first-order chi connectivity index (χ1) is 7.70. The van der Waals surface area contributed by atoms with E-state index in [-0.39, 0.29) is 0 Å². The first-order valence-electron chi connectivity index (χ1n) is 5.00. The topological polar surface area (TPSA) is 52.0 Å². The standard InChI is InChI=1S/C13H14N2S/c1-16-13-7-4-10(8-12(13)15)9-2-5-11(14)6-3-9/h2-8H,14-15H2,1H3. The van der Waals surface area contributed by atoms with E-state index in [1.54, 1.807) is 11.8 Å². The fraction of sp³-hybridized carbons (Fsp3) is 0.0769. The van der Waals surface area contributed by atoms with Crippen molar-refractivity contribution in [1.82, 2.24) is 0 Å². The summed E-state index contributed by atoms with van der Waals surface area (Å²) >= 11 is 1.66. The van der Waals surface area contributed by atoms with E-state index in [0.29, 0.717) is 0 Å². The second-order valence-electron chi connectivity index (χ2n) is 3.58. The predicted molar refractivity (Wildman–Crippen MR) is 72.5 cm³/mol. The third-order valence-electron chi connectivity index (χ3n) is 2.47. The van der Waals surface area contributed by atoms with Crippen LogP contribution in [-0.2, 0) is 0 Å². The largest absolute Gasteiger partial charge is 0.399 e. The molecule has 0 saturated heterocycles. The van der Waals surface area contributed by atoms with E-state index in [1.807, 2.05) is 42.7 Å². The second-order valence-corrected chi connectivity index (χ2v) is 4.43. The Bertz CT molecular complexity index is 492. The van der Waals surface area contributed by atoms with Gasteiger partial charge in [-0.15, -0.1) is 11.8 Å². The van der Waals surface area contributed by atoms with Crippen molar-refractivity contribution in [3.8, 4) is 11.1 Å². The zero-order valence-corrected chi connectivity index (χ0v) is 9.92. The summed E-state index contributed by atoms with van der Waals surface area (Å²) in [5, 5.41) is 0.